The number of Topliss-reactive ketones (excluding diaryl/α,β-unsaturated/α-hetero) is 1. The third kappa shape index (κ3) is 3.18. The molecule has 0 bridgehead atoms. The summed E-state index contributed by atoms with van der Waals surface area (Å²) >= 11 is 0. The van der Waals surface area contributed by atoms with Crippen molar-refractivity contribution in [3.8, 4) is 0 Å². The van der Waals surface area contributed by atoms with Crippen molar-refractivity contribution in [2.75, 3.05) is 7.11 Å². The van der Waals surface area contributed by atoms with Crippen LogP contribution in [0.2, 0.25) is 0 Å². The largest absolute Gasteiger partial charge is 0.459 e. The molecular formula is C18H20N2O7. The third-order valence-electron chi connectivity index (χ3n) is 5.28. The van der Waals surface area contributed by atoms with Gasteiger partial charge in [0, 0.05) is 25.7 Å². The highest BCUT2D eigenvalue weighted by atomic mass is 16.6. The van der Waals surface area contributed by atoms with Crippen molar-refractivity contribution < 1.29 is 28.8 Å². The quantitative estimate of drug-likeness (QED) is 0.241. The predicted octanol–water partition coefficient (Wildman–Crippen LogP) is 1.23. The van der Waals surface area contributed by atoms with Crippen LogP contribution >= 0.6 is 0 Å². The van der Waals surface area contributed by atoms with Gasteiger partial charge in [-0.2, -0.15) is 0 Å². The fourth-order valence-electron chi connectivity index (χ4n) is 3.65. The second-order valence-corrected chi connectivity index (χ2v) is 7.20. The third-order valence-corrected chi connectivity index (χ3v) is 5.28. The molecule has 2 heterocycles. The second kappa shape index (κ2) is 6.73. The number of hydrogen-bond donors (Lipinski definition) is 0. The van der Waals surface area contributed by atoms with E-state index < -0.39 is 28.5 Å². The minimum atomic E-state index is -1.23. The second-order valence-electron chi connectivity index (χ2n) is 7.20. The van der Waals surface area contributed by atoms with E-state index in [-0.39, 0.29) is 36.4 Å². The number of fused-ring (bicyclic) bond motifs is 1. The SMILES string of the molecule is COC(C)(C)[C@H]1C(=O)N2[C@@H](C(=O)OCc3ccc([N+](=O)[O-])cc3)C(=O)C[C@H]12. The molecule has 0 N–H and O–H groups in total. The van der Waals surface area contributed by atoms with Gasteiger partial charge in [0.2, 0.25) is 5.91 Å². The van der Waals surface area contributed by atoms with Crippen molar-refractivity contribution in [2.45, 2.75) is 44.6 Å². The number of nitro groups is 1. The van der Waals surface area contributed by atoms with Gasteiger partial charge in [-0.25, -0.2) is 4.79 Å². The normalized spacial score (nSPS) is 24.4. The summed E-state index contributed by atoms with van der Waals surface area (Å²) in [5.41, 5.74) is -0.253. The van der Waals surface area contributed by atoms with Crippen molar-refractivity contribution in [3.63, 3.8) is 0 Å². The van der Waals surface area contributed by atoms with Gasteiger partial charge in [0.15, 0.2) is 11.8 Å². The molecule has 144 valence electrons. The van der Waals surface area contributed by atoms with Crippen LogP contribution in [-0.2, 0) is 30.5 Å². The number of non-ortho nitro benzene ring substituents is 1. The Morgan fingerprint density at radius 3 is 2.48 bits per heavy atom. The number of ether oxygens (including phenoxy) is 2. The lowest BCUT2D eigenvalue weighted by atomic mass is 9.76. The maximum Gasteiger partial charge on any atom is 0.337 e. The molecule has 2 saturated heterocycles. The van der Waals surface area contributed by atoms with Crippen LogP contribution in [0.15, 0.2) is 24.3 Å². The summed E-state index contributed by atoms with van der Waals surface area (Å²) < 4.78 is 10.5. The molecule has 9 nitrogen and oxygen atoms in total. The molecular weight excluding hydrogens is 356 g/mol. The highest BCUT2D eigenvalue weighted by Gasteiger charge is 2.64. The Hall–Kier alpha value is -2.81. The number of hydrogen-bond acceptors (Lipinski definition) is 7. The maximum absolute atomic E-state index is 12.5. The van der Waals surface area contributed by atoms with Gasteiger partial charge in [-0.1, -0.05) is 0 Å². The number of esters is 1. The first-order valence-electron chi connectivity index (χ1n) is 8.47. The molecule has 2 aliphatic heterocycles. The number of β-lactam (4-membered cyclic amide) rings is 1. The summed E-state index contributed by atoms with van der Waals surface area (Å²) in [5, 5.41) is 10.6. The Bertz CT molecular complexity index is 802. The van der Waals surface area contributed by atoms with Gasteiger partial charge in [0.05, 0.1) is 22.5 Å². The van der Waals surface area contributed by atoms with Crippen LogP contribution in [0.25, 0.3) is 0 Å². The van der Waals surface area contributed by atoms with Crippen molar-refractivity contribution >= 4 is 23.3 Å². The van der Waals surface area contributed by atoms with Crippen molar-refractivity contribution in [2.24, 2.45) is 5.92 Å². The monoisotopic (exact) mass is 376 g/mol. The summed E-state index contributed by atoms with van der Waals surface area (Å²) in [6.07, 6.45) is 0.0977. The number of carbonyl (C=O) groups excluding carboxylic acids is 3. The van der Waals surface area contributed by atoms with E-state index in [4.69, 9.17) is 9.47 Å². The summed E-state index contributed by atoms with van der Waals surface area (Å²) in [6.45, 7) is 3.41. The van der Waals surface area contributed by atoms with E-state index in [1.54, 1.807) is 13.8 Å². The fraction of sp³-hybridized carbons (Fsp3) is 0.500. The molecule has 1 amide bonds. The smallest absolute Gasteiger partial charge is 0.337 e. The maximum atomic E-state index is 12.5. The Kier molecular flexibility index (Phi) is 4.73. The molecule has 3 rings (SSSR count). The van der Waals surface area contributed by atoms with Crippen molar-refractivity contribution in [1.29, 1.82) is 0 Å². The molecule has 0 radical (unpaired) electrons. The number of ketones is 1. The highest BCUT2D eigenvalue weighted by Crippen LogP contribution is 2.44. The molecule has 0 saturated carbocycles. The van der Waals surface area contributed by atoms with E-state index >= 15 is 0 Å². The Morgan fingerprint density at radius 1 is 1.30 bits per heavy atom. The van der Waals surface area contributed by atoms with E-state index in [1.807, 2.05) is 0 Å². The van der Waals surface area contributed by atoms with E-state index in [1.165, 1.54) is 36.3 Å². The lowest BCUT2D eigenvalue weighted by Gasteiger charge is -2.50. The molecule has 0 spiro atoms. The zero-order chi connectivity index (χ0) is 19.9. The van der Waals surface area contributed by atoms with Gasteiger partial charge in [0.1, 0.15) is 6.61 Å². The molecule has 27 heavy (non-hydrogen) atoms. The Labute approximate surface area is 155 Å². The van der Waals surface area contributed by atoms with Gasteiger partial charge in [-0.05, 0) is 31.5 Å². The topological polar surface area (TPSA) is 116 Å². The molecule has 2 fully saturated rings. The van der Waals surface area contributed by atoms with Gasteiger partial charge in [0.25, 0.3) is 5.69 Å². The fourth-order valence-corrected chi connectivity index (χ4v) is 3.65. The van der Waals surface area contributed by atoms with Crippen LogP contribution in [0.3, 0.4) is 0 Å². The Balaban J connectivity index is 1.65. The van der Waals surface area contributed by atoms with Gasteiger partial charge >= 0.3 is 5.97 Å². The first kappa shape index (κ1) is 19.0. The van der Waals surface area contributed by atoms with Gasteiger partial charge in [-0.15, -0.1) is 0 Å². The van der Waals surface area contributed by atoms with Crippen molar-refractivity contribution in [3.05, 3.63) is 39.9 Å². The molecule has 1 aromatic rings. The molecule has 1 aromatic carbocycles. The predicted molar refractivity (Wildman–Crippen MR) is 91.5 cm³/mol. The summed E-state index contributed by atoms with van der Waals surface area (Å²) in [7, 11) is 1.50. The van der Waals surface area contributed by atoms with Crippen LogP contribution in [0.4, 0.5) is 5.69 Å². The van der Waals surface area contributed by atoms with Crippen LogP contribution in [0.5, 0.6) is 0 Å². The zero-order valence-electron chi connectivity index (χ0n) is 15.2. The minimum Gasteiger partial charge on any atom is -0.459 e. The van der Waals surface area contributed by atoms with E-state index in [0.717, 1.165) is 0 Å². The minimum absolute atomic E-state index is 0.0723. The summed E-state index contributed by atoms with van der Waals surface area (Å²) in [6, 6.07) is 3.95. The summed E-state index contributed by atoms with van der Waals surface area (Å²) in [5.74, 6) is -1.91. The standard InChI is InChI=1S/C18H20N2O7/c1-18(2,26-3)14-12-8-13(21)15(19(12)16(14)22)17(23)27-9-10-4-6-11(7-5-10)20(24)25/h4-7,12,14-15H,8-9H2,1-3H3/t12-,14-,15-/m1/s1. The Morgan fingerprint density at radius 2 is 1.93 bits per heavy atom. The lowest BCUT2D eigenvalue weighted by Crippen LogP contribution is -2.68. The average Bonchev–Trinajstić information content (AvgIpc) is 2.92. The lowest BCUT2D eigenvalue weighted by molar-refractivity contribution is -0.384. The number of rotatable bonds is 6. The van der Waals surface area contributed by atoms with Crippen LogP contribution in [0, 0.1) is 16.0 Å². The zero-order valence-corrected chi connectivity index (χ0v) is 15.2. The van der Waals surface area contributed by atoms with E-state index in [2.05, 4.69) is 0 Å². The van der Waals surface area contributed by atoms with Crippen molar-refractivity contribution in [1.82, 2.24) is 4.90 Å². The molecule has 3 atom stereocenters. The molecule has 9 heteroatoms. The number of nitrogens with zero attached hydrogens (tertiary/aromatic N) is 2. The van der Waals surface area contributed by atoms with Gasteiger partial charge < -0.3 is 14.4 Å². The van der Waals surface area contributed by atoms with Crippen LogP contribution < -0.4 is 0 Å². The van der Waals surface area contributed by atoms with Gasteiger partial charge in [-0.3, -0.25) is 19.7 Å². The number of carbonyl (C=O) groups is 3. The summed E-state index contributed by atoms with van der Waals surface area (Å²) in [4.78, 5) is 48.6. The molecule has 0 aliphatic carbocycles. The number of methoxy groups -OCH3 is 1. The molecule has 0 aromatic heterocycles. The first-order valence-corrected chi connectivity index (χ1v) is 8.47. The number of nitro benzene ring substituents is 1. The average molecular weight is 376 g/mol. The van der Waals surface area contributed by atoms with Crippen LogP contribution in [-0.4, -0.2) is 52.3 Å². The van der Waals surface area contributed by atoms with E-state index in [0.29, 0.717) is 5.56 Å². The highest BCUT2D eigenvalue weighted by molar-refractivity contribution is 6.11. The van der Waals surface area contributed by atoms with Crippen LogP contribution in [0.1, 0.15) is 25.8 Å². The number of benzene rings is 1. The van der Waals surface area contributed by atoms with E-state index in [9.17, 15) is 24.5 Å². The first-order chi connectivity index (χ1) is 12.7. The molecule has 2 aliphatic rings. The number of amides is 1. The molecule has 0 unspecified atom stereocenters.